The van der Waals surface area contributed by atoms with E-state index in [0.717, 1.165) is 25.3 Å². The van der Waals surface area contributed by atoms with Gasteiger partial charge in [0.2, 0.25) is 5.69 Å². The molecule has 0 fully saturated rings. The lowest BCUT2D eigenvalue weighted by Crippen LogP contribution is -2.30. The number of nitrogens with zero attached hydrogens (tertiary/aromatic N) is 2. The Bertz CT molecular complexity index is 965. The summed E-state index contributed by atoms with van der Waals surface area (Å²) in [6, 6.07) is 15.3. The van der Waals surface area contributed by atoms with Crippen molar-refractivity contribution >= 4 is 23.2 Å². The third-order valence-electron chi connectivity index (χ3n) is 6.30. The van der Waals surface area contributed by atoms with E-state index in [1.54, 1.807) is 7.11 Å². The smallest absolute Gasteiger partial charge is 0.209 e. The average molecular weight is 404 g/mol. The van der Waals surface area contributed by atoms with Crippen LogP contribution in [-0.4, -0.2) is 37.5 Å². The van der Waals surface area contributed by atoms with Crippen LogP contribution in [0.25, 0.3) is 6.08 Å². The Kier molecular flexibility index (Phi) is 6.81. The number of ether oxygens (including phenoxy) is 1. The first-order valence-corrected chi connectivity index (χ1v) is 10.9. The molecule has 1 aliphatic heterocycles. The first-order chi connectivity index (χ1) is 14.5. The molecule has 30 heavy (non-hydrogen) atoms. The molecule has 3 heteroatoms. The number of allylic oxidation sites excluding steroid dienone is 3. The predicted molar refractivity (Wildman–Crippen MR) is 130 cm³/mol. The van der Waals surface area contributed by atoms with E-state index in [-0.39, 0.29) is 5.41 Å². The summed E-state index contributed by atoms with van der Waals surface area (Å²) < 4.78 is 7.84. The maximum Gasteiger partial charge on any atom is 0.209 e. The van der Waals surface area contributed by atoms with Gasteiger partial charge in [0.05, 0.1) is 12.5 Å². The number of benzene rings is 2. The molecule has 0 amide bonds. The summed E-state index contributed by atoms with van der Waals surface area (Å²) in [7, 11) is 3.89. The van der Waals surface area contributed by atoms with E-state index in [1.165, 1.54) is 28.2 Å². The number of rotatable bonds is 8. The zero-order valence-electron chi connectivity index (χ0n) is 19.3. The van der Waals surface area contributed by atoms with Crippen LogP contribution in [0.2, 0.25) is 0 Å². The van der Waals surface area contributed by atoms with Crippen LogP contribution in [0.15, 0.2) is 60.7 Å². The molecular weight excluding hydrogens is 368 g/mol. The molecule has 158 valence electrons. The van der Waals surface area contributed by atoms with Crippen molar-refractivity contribution in [3.63, 3.8) is 0 Å². The van der Waals surface area contributed by atoms with E-state index >= 15 is 0 Å². The van der Waals surface area contributed by atoms with Gasteiger partial charge in [0, 0.05) is 36.5 Å². The summed E-state index contributed by atoms with van der Waals surface area (Å²) in [6.07, 6.45) is 9.86. The van der Waals surface area contributed by atoms with Crippen molar-refractivity contribution in [3.05, 3.63) is 71.8 Å². The highest BCUT2D eigenvalue weighted by Crippen LogP contribution is 2.44. The summed E-state index contributed by atoms with van der Waals surface area (Å²) in [5, 5.41) is 0. The summed E-state index contributed by atoms with van der Waals surface area (Å²) >= 11 is 0. The van der Waals surface area contributed by atoms with E-state index in [1.807, 2.05) is 6.07 Å². The second-order valence-electron chi connectivity index (χ2n) is 8.03. The Hall–Kier alpha value is -2.81. The van der Waals surface area contributed by atoms with Gasteiger partial charge in [-0.1, -0.05) is 24.3 Å². The number of methoxy groups -OCH3 is 1. The zero-order valence-corrected chi connectivity index (χ0v) is 19.3. The number of hydrogen-bond acceptors (Lipinski definition) is 2. The Balaban J connectivity index is 1.96. The monoisotopic (exact) mass is 403 g/mol. The molecule has 1 aliphatic rings. The van der Waals surface area contributed by atoms with Gasteiger partial charge in [0.25, 0.3) is 0 Å². The largest absolute Gasteiger partial charge is 0.497 e. The van der Waals surface area contributed by atoms with Crippen molar-refractivity contribution < 1.29 is 9.31 Å². The lowest BCUT2D eigenvalue weighted by atomic mass is 9.76. The minimum atomic E-state index is -0.0944. The predicted octanol–water partition coefficient (Wildman–Crippen LogP) is 6.21. The molecule has 3 nitrogen and oxygen atoms in total. The molecule has 1 heterocycles. The lowest BCUT2D eigenvalue weighted by molar-refractivity contribution is -0.401. The minimum absolute atomic E-state index is 0.0944. The van der Waals surface area contributed by atoms with Gasteiger partial charge in [-0.3, -0.25) is 0 Å². The van der Waals surface area contributed by atoms with Gasteiger partial charge in [-0.25, -0.2) is 0 Å². The SMILES string of the molecule is CC=CCC1(C)C(C=Cc2ccc(N(CC)CC)cc2)=[N+](C)c2ccc(OC)cc21. The Morgan fingerprint density at radius 1 is 1.03 bits per heavy atom. The molecule has 0 saturated heterocycles. The fourth-order valence-electron chi connectivity index (χ4n) is 4.44. The van der Waals surface area contributed by atoms with Crippen molar-refractivity contribution in [2.75, 3.05) is 32.1 Å². The van der Waals surface area contributed by atoms with Gasteiger partial charge in [0.15, 0.2) is 5.71 Å². The Morgan fingerprint density at radius 2 is 1.73 bits per heavy atom. The molecule has 3 rings (SSSR count). The summed E-state index contributed by atoms with van der Waals surface area (Å²) in [5.41, 5.74) is 6.27. The van der Waals surface area contributed by atoms with Gasteiger partial charge >= 0.3 is 0 Å². The van der Waals surface area contributed by atoms with E-state index in [2.05, 4.69) is 105 Å². The summed E-state index contributed by atoms with van der Waals surface area (Å²) in [4.78, 5) is 2.37. The Morgan fingerprint density at radius 3 is 2.33 bits per heavy atom. The van der Waals surface area contributed by atoms with Crippen LogP contribution < -0.4 is 9.64 Å². The van der Waals surface area contributed by atoms with Crippen molar-refractivity contribution in [3.8, 4) is 5.75 Å². The van der Waals surface area contributed by atoms with Crippen LogP contribution in [0, 0.1) is 0 Å². The fraction of sp³-hybridized carbons (Fsp3) is 0.370. The first-order valence-electron chi connectivity index (χ1n) is 10.9. The van der Waals surface area contributed by atoms with Crippen LogP contribution in [0.1, 0.15) is 45.2 Å². The van der Waals surface area contributed by atoms with Gasteiger partial charge in [-0.15, -0.1) is 0 Å². The van der Waals surface area contributed by atoms with Crippen LogP contribution in [0.5, 0.6) is 5.75 Å². The van der Waals surface area contributed by atoms with E-state index in [9.17, 15) is 0 Å². The fourth-order valence-corrected chi connectivity index (χ4v) is 4.44. The molecule has 0 N–H and O–H groups in total. The highest BCUT2D eigenvalue weighted by molar-refractivity contribution is 6.05. The van der Waals surface area contributed by atoms with Gasteiger partial charge in [-0.05, 0) is 70.0 Å². The molecular formula is C27H35N2O+. The third kappa shape index (κ3) is 4.07. The van der Waals surface area contributed by atoms with E-state index in [4.69, 9.17) is 4.74 Å². The third-order valence-corrected chi connectivity index (χ3v) is 6.30. The molecule has 0 spiro atoms. The maximum absolute atomic E-state index is 5.52. The van der Waals surface area contributed by atoms with Crippen molar-refractivity contribution in [2.24, 2.45) is 0 Å². The van der Waals surface area contributed by atoms with Crippen LogP contribution in [0.3, 0.4) is 0 Å². The standard InChI is InChI=1S/C27H35N2O/c1-7-10-19-27(4)24-20-23(30-6)16-17-25(24)28(5)26(27)18-13-21-11-14-22(15-12-21)29(8-2)9-3/h7,10-18,20H,8-9,19H2,1-6H3/q+1. The van der Waals surface area contributed by atoms with E-state index < -0.39 is 0 Å². The molecule has 0 saturated carbocycles. The molecule has 0 bridgehead atoms. The highest BCUT2D eigenvalue weighted by atomic mass is 16.5. The topological polar surface area (TPSA) is 15.5 Å². The molecule has 0 aliphatic carbocycles. The van der Waals surface area contributed by atoms with E-state index in [0.29, 0.717) is 0 Å². The molecule has 2 aromatic rings. The average Bonchev–Trinajstić information content (AvgIpc) is 2.99. The molecule has 2 aromatic carbocycles. The van der Waals surface area contributed by atoms with Crippen LogP contribution >= 0.6 is 0 Å². The van der Waals surface area contributed by atoms with Crippen molar-refractivity contribution in [1.29, 1.82) is 0 Å². The minimum Gasteiger partial charge on any atom is -0.497 e. The second-order valence-corrected chi connectivity index (χ2v) is 8.03. The maximum atomic E-state index is 5.52. The summed E-state index contributed by atoms with van der Waals surface area (Å²) in [5.74, 6) is 0.908. The van der Waals surface area contributed by atoms with Crippen molar-refractivity contribution in [2.45, 2.75) is 39.5 Å². The molecule has 1 atom stereocenters. The number of fused-ring (bicyclic) bond motifs is 1. The molecule has 0 aromatic heterocycles. The number of hydrogen-bond donors (Lipinski definition) is 0. The Labute approximate surface area is 182 Å². The van der Waals surface area contributed by atoms with Gasteiger partial charge in [-0.2, -0.15) is 4.58 Å². The zero-order chi connectivity index (χ0) is 21.7. The lowest BCUT2D eigenvalue weighted by Gasteiger charge is -2.21. The normalized spacial score (nSPS) is 18.5. The molecule has 0 radical (unpaired) electrons. The van der Waals surface area contributed by atoms with Crippen LogP contribution in [-0.2, 0) is 5.41 Å². The van der Waals surface area contributed by atoms with Gasteiger partial charge in [0.1, 0.15) is 12.8 Å². The highest BCUT2D eigenvalue weighted by Gasteiger charge is 2.46. The van der Waals surface area contributed by atoms with Crippen LogP contribution in [0.4, 0.5) is 11.4 Å². The summed E-state index contributed by atoms with van der Waals surface area (Å²) in [6.45, 7) is 10.9. The quantitative estimate of drug-likeness (QED) is 0.385. The van der Waals surface area contributed by atoms with Gasteiger partial charge < -0.3 is 9.64 Å². The van der Waals surface area contributed by atoms with Crippen molar-refractivity contribution in [1.82, 2.24) is 0 Å². The first kappa shape index (κ1) is 21.9. The second kappa shape index (κ2) is 9.34. The number of anilines is 1. The molecule has 1 unspecified atom stereocenters.